The molecule has 0 bridgehead atoms. The van der Waals surface area contributed by atoms with Gasteiger partial charge in [0.15, 0.2) is 0 Å². The van der Waals surface area contributed by atoms with Crippen molar-refractivity contribution in [2.45, 2.75) is 45.4 Å². The molecule has 26 heavy (non-hydrogen) atoms. The molecule has 0 fully saturated rings. The lowest BCUT2D eigenvalue weighted by molar-refractivity contribution is -0.128. The number of carbonyl (C=O) groups excluding carboxylic acids is 2. The Morgan fingerprint density at radius 2 is 1.38 bits per heavy atom. The number of alkyl carbamates (subject to hydrolysis) is 1. The molecule has 0 aliphatic rings. The van der Waals surface area contributed by atoms with Crippen molar-refractivity contribution in [3.05, 3.63) is 71.8 Å². The number of rotatable bonds is 5. The van der Waals surface area contributed by atoms with Gasteiger partial charge in [-0.2, -0.15) is 0 Å². The van der Waals surface area contributed by atoms with Crippen molar-refractivity contribution in [2.75, 3.05) is 0 Å². The van der Waals surface area contributed by atoms with E-state index in [0.29, 0.717) is 5.56 Å². The molecular formula is C21H26N2O3. The summed E-state index contributed by atoms with van der Waals surface area (Å²) in [6.07, 6.45) is -0.649. The molecule has 0 aliphatic carbocycles. The van der Waals surface area contributed by atoms with Gasteiger partial charge in [-0.15, -0.1) is 0 Å². The molecule has 1 atom stereocenters. The zero-order chi connectivity index (χ0) is 19.2. The summed E-state index contributed by atoms with van der Waals surface area (Å²) in [5.41, 5.74) is -0.118. The van der Waals surface area contributed by atoms with Crippen molar-refractivity contribution < 1.29 is 14.3 Å². The summed E-state index contributed by atoms with van der Waals surface area (Å²) < 4.78 is 5.30. The highest BCUT2D eigenvalue weighted by molar-refractivity contribution is 5.91. The SMILES string of the molecule is CC(C)(C)NC(=O)[C@](C)(NC(=O)OCc1ccccc1)c1ccccc1. The normalized spacial score (nSPS) is 13.4. The van der Waals surface area contributed by atoms with Crippen LogP contribution in [-0.4, -0.2) is 17.5 Å². The first-order chi connectivity index (χ1) is 12.2. The molecule has 138 valence electrons. The zero-order valence-corrected chi connectivity index (χ0v) is 15.7. The predicted octanol–water partition coefficient (Wildman–Crippen LogP) is 3.74. The smallest absolute Gasteiger partial charge is 0.408 e. The third-order valence-electron chi connectivity index (χ3n) is 3.86. The van der Waals surface area contributed by atoms with Gasteiger partial charge in [0.25, 0.3) is 5.91 Å². The third kappa shape index (κ3) is 5.34. The van der Waals surface area contributed by atoms with Crippen molar-refractivity contribution in [1.82, 2.24) is 10.6 Å². The number of hydrogen-bond acceptors (Lipinski definition) is 3. The first kappa shape index (κ1) is 19.5. The molecule has 0 radical (unpaired) electrons. The average molecular weight is 354 g/mol. The Bertz CT molecular complexity index is 739. The Morgan fingerprint density at radius 1 is 0.846 bits per heavy atom. The molecule has 0 unspecified atom stereocenters. The highest BCUT2D eigenvalue weighted by atomic mass is 16.5. The molecule has 2 amide bonds. The van der Waals surface area contributed by atoms with Gasteiger partial charge in [0, 0.05) is 5.54 Å². The van der Waals surface area contributed by atoms with E-state index in [4.69, 9.17) is 4.74 Å². The standard InChI is InChI=1S/C21H26N2O3/c1-20(2,3)22-18(24)21(4,17-13-9-6-10-14-17)23-19(25)26-15-16-11-7-5-8-12-16/h5-14H,15H2,1-4H3,(H,22,24)(H,23,25)/t21-/m1/s1. The van der Waals surface area contributed by atoms with Crippen LogP contribution in [0.3, 0.4) is 0 Å². The monoisotopic (exact) mass is 354 g/mol. The lowest BCUT2D eigenvalue weighted by atomic mass is 9.90. The minimum absolute atomic E-state index is 0.137. The highest BCUT2D eigenvalue weighted by Gasteiger charge is 2.38. The van der Waals surface area contributed by atoms with Gasteiger partial charge in [-0.25, -0.2) is 4.79 Å². The Hall–Kier alpha value is -2.82. The zero-order valence-electron chi connectivity index (χ0n) is 15.7. The van der Waals surface area contributed by atoms with Crippen molar-refractivity contribution in [3.63, 3.8) is 0 Å². The summed E-state index contributed by atoms with van der Waals surface area (Å²) in [6.45, 7) is 7.49. The summed E-state index contributed by atoms with van der Waals surface area (Å²) in [7, 11) is 0. The van der Waals surface area contributed by atoms with E-state index in [1.165, 1.54) is 0 Å². The summed E-state index contributed by atoms with van der Waals surface area (Å²) in [6, 6.07) is 18.5. The molecule has 5 heteroatoms. The van der Waals surface area contributed by atoms with E-state index in [0.717, 1.165) is 5.56 Å². The molecule has 0 saturated carbocycles. The molecular weight excluding hydrogens is 328 g/mol. The maximum Gasteiger partial charge on any atom is 0.408 e. The van der Waals surface area contributed by atoms with Crippen LogP contribution in [-0.2, 0) is 21.7 Å². The van der Waals surface area contributed by atoms with Crippen LogP contribution in [0, 0.1) is 0 Å². The second kappa shape index (κ2) is 8.04. The molecule has 5 nitrogen and oxygen atoms in total. The van der Waals surface area contributed by atoms with Gasteiger partial charge in [0.1, 0.15) is 12.1 Å². The van der Waals surface area contributed by atoms with Crippen LogP contribution in [0.4, 0.5) is 4.79 Å². The van der Waals surface area contributed by atoms with Crippen LogP contribution in [0.5, 0.6) is 0 Å². The van der Waals surface area contributed by atoms with Crippen molar-refractivity contribution >= 4 is 12.0 Å². The molecule has 0 saturated heterocycles. The number of carbonyl (C=O) groups is 2. The lowest BCUT2D eigenvalue weighted by Gasteiger charge is -2.33. The second-order valence-electron chi connectivity index (χ2n) is 7.38. The molecule has 0 aliphatic heterocycles. The van der Waals surface area contributed by atoms with Crippen molar-refractivity contribution in [3.8, 4) is 0 Å². The maximum absolute atomic E-state index is 12.9. The number of benzene rings is 2. The van der Waals surface area contributed by atoms with Gasteiger partial charge >= 0.3 is 6.09 Å². The van der Waals surface area contributed by atoms with Crippen molar-refractivity contribution in [1.29, 1.82) is 0 Å². The number of hydrogen-bond donors (Lipinski definition) is 2. The predicted molar refractivity (Wildman–Crippen MR) is 101 cm³/mol. The lowest BCUT2D eigenvalue weighted by Crippen LogP contribution is -2.58. The van der Waals surface area contributed by atoms with E-state index in [1.807, 2.05) is 69.3 Å². The molecule has 2 aromatic rings. The van der Waals surface area contributed by atoms with Crippen molar-refractivity contribution in [2.24, 2.45) is 0 Å². The van der Waals surface area contributed by atoms with Gasteiger partial charge in [-0.3, -0.25) is 4.79 Å². The van der Waals surface area contributed by atoms with E-state index in [2.05, 4.69) is 10.6 Å². The fourth-order valence-corrected chi connectivity index (χ4v) is 2.46. The van der Waals surface area contributed by atoms with E-state index in [-0.39, 0.29) is 12.5 Å². The van der Waals surface area contributed by atoms with Gasteiger partial charge < -0.3 is 15.4 Å². The van der Waals surface area contributed by atoms with E-state index in [9.17, 15) is 9.59 Å². The Labute approximate surface area is 154 Å². The first-order valence-corrected chi connectivity index (χ1v) is 8.58. The van der Waals surface area contributed by atoms with E-state index >= 15 is 0 Å². The molecule has 2 N–H and O–H groups in total. The Kier molecular flexibility index (Phi) is 6.03. The van der Waals surface area contributed by atoms with Crippen LogP contribution in [0.15, 0.2) is 60.7 Å². The third-order valence-corrected chi connectivity index (χ3v) is 3.86. The van der Waals surface area contributed by atoms with E-state index < -0.39 is 17.2 Å². The molecule has 2 rings (SSSR count). The van der Waals surface area contributed by atoms with Gasteiger partial charge in [-0.1, -0.05) is 60.7 Å². The number of amides is 2. The summed E-state index contributed by atoms with van der Waals surface area (Å²) in [5.74, 6) is -0.298. The van der Waals surface area contributed by atoms with Crippen LogP contribution >= 0.6 is 0 Å². The molecule has 0 aromatic heterocycles. The largest absolute Gasteiger partial charge is 0.445 e. The molecule has 0 spiro atoms. The first-order valence-electron chi connectivity index (χ1n) is 8.58. The Balaban J connectivity index is 2.16. The second-order valence-corrected chi connectivity index (χ2v) is 7.38. The fourth-order valence-electron chi connectivity index (χ4n) is 2.46. The van der Waals surface area contributed by atoms with Gasteiger partial charge in [0.05, 0.1) is 0 Å². The Morgan fingerprint density at radius 3 is 1.92 bits per heavy atom. The molecule has 2 aromatic carbocycles. The topological polar surface area (TPSA) is 67.4 Å². The van der Waals surface area contributed by atoms with Crippen LogP contribution in [0.1, 0.15) is 38.8 Å². The quantitative estimate of drug-likeness (QED) is 0.859. The highest BCUT2D eigenvalue weighted by Crippen LogP contribution is 2.22. The number of ether oxygens (including phenoxy) is 1. The van der Waals surface area contributed by atoms with Crippen LogP contribution in [0.2, 0.25) is 0 Å². The number of nitrogens with one attached hydrogen (secondary N) is 2. The summed E-state index contributed by atoms with van der Waals surface area (Å²) >= 11 is 0. The van der Waals surface area contributed by atoms with Crippen LogP contribution < -0.4 is 10.6 Å². The minimum Gasteiger partial charge on any atom is -0.445 e. The average Bonchev–Trinajstić information content (AvgIpc) is 2.60. The minimum atomic E-state index is -1.25. The fraction of sp³-hybridized carbons (Fsp3) is 0.333. The molecule has 0 heterocycles. The summed E-state index contributed by atoms with van der Waals surface area (Å²) in [5, 5.41) is 5.66. The van der Waals surface area contributed by atoms with Crippen LogP contribution in [0.25, 0.3) is 0 Å². The van der Waals surface area contributed by atoms with Gasteiger partial charge in [0.2, 0.25) is 0 Å². The van der Waals surface area contributed by atoms with E-state index in [1.54, 1.807) is 19.1 Å². The van der Waals surface area contributed by atoms with Gasteiger partial charge in [-0.05, 0) is 38.8 Å². The summed E-state index contributed by atoms with van der Waals surface area (Å²) in [4.78, 5) is 25.3. The maximum atomic E-state index is 12.9.